The summed E-state index contributed by atoms with van der Waals surface area (Å²) in [5.74, 6) is 0.0784. The Bertz CT molecular complexity index is 1120. The molecule has 34 heavy (non-hydrogen) atoms. The maximum absolute atomic E-state index is 13.5. The van der Waals surface area contributed by atoms with Crippen LogP contribution < -0.4 is 5.32 Å². The van der Waals surface area contributed by atoms with Crippen LogP contribution in [-0.2, 0) is 17.9 Å². The van der Waals surface area contributed by atoms with E-state index in [1.165, 1.54) is 4.88 Å². The van der Waals surface area contributed by atoms with Crippen molar-refractivity contribution in [2.24, 2.45) is 5.92 Å². The minimum Gasteiger partial charge on any atom is -0.332 e. The summed E-state index contributed by atoms with van der Waals surface area (Å²) in [6.07, 6.45) is 0. The molecule has 8 heteroatoms. The summed E-state index contributed by atoms with van der Waals surface area (Å²) in [5, 5.41) is 3.60. The zero-order valence-electron chi connectivity index (χ0n) is 19.6. The van der Waals surface area contributed by atoms with Crippen LogP contribution >= 0.6 is 34.5 Å². The summed E-state index contributed by atoms with van der Waals surface area (Å²) >= 11 is 13.7. The number of nitrogens with one attached hydrogen (secondary N) is 1. The number of nitrogens with zero attached hydrogens (tertiary/aromatic N) is 2. The third-order valence-corrected chi connectivity index (χ3v) is 6.81. The summed E-state index contributed by atoms with van der Waals surface area (Å²) in [4.78, 5) is 32.2. The monoisotopic (exact) mass is 517 g/mol. The zero-order chi connectivity index (χ0) is 24.7. The summed E-state index contributed by atoms with van der Waals surface area (Å²) in [7, 11) is 0. The van der Waals surface area contributed by atoms with Crippen LogP contribution in [0.5, 0.6) is 0 Å². The molecule has 0 aliphatic heterocycles. The molecule has 1 aromatic heterocycles. The molecule has 0 bridgehead atoms. The van der Waals surface area contributed by atoms with E-state index >= 15 is 0 Å². The molecule has 0 atom stereocenters. The molecule has 180 valence electrons. The summed E-state index contributed by atoms with van der Waals surface area (Å²) in [6.45, 7) is 7.46. The lowest BCUT2D eigenvalue weighted by Crippen LogP contribution is -2.45. The van der Waals surface area contributed by atoms with Crippen LogP contribution in [0.4, 0.5) is 10.5 Å². The molecule has 0 fully saturated rings. The van der Waals surface area contributed by atoms with Crippen molar-refractivity contribution >= 4 is 52.2 Å². The van der Waals surface area contributed by atoms with Gasteiger partial charge in [0.05, 0.1) is 16.6 Å². The molecule has 0 saturated carbocycles. The fourth-order valence-corrected chi connectivity index (χ4v) is 4.70. The van der Waals surface area contributed by atoms with Gasteiger partial charge in [-0.15, -0.1) is 11.3 Å². The van der Waals surface area contributed by atoms with Gasteiger partial charge < -0.3 is 15.1 Å². The van der Waals surface area contributed by atoms with Crippen LogP contribution in [0.1, 0.15) is 29.2 Å². The molecule has 0 aliphatic carbocycles. The van der Waals surface area contributed by atoms with Gasteiger partial charge in [-0.05, 0) is 48.7 Å². The Labute approximate surface area is 215 Å². The number of hydrogen-bond donors (Lipinski definition) is 1. The fourth-order valence-electron chi connectivity index (χ4n) is 3.49. The lowest BCUT2D eigenvalue weighted by atomic mass is 10.2. The molecular weight excluding hydrogens is 489 g/mol. The van der Waals surface area contributed by atoms with E-state index in [1.54, 1.807) is 39.3 Å². The number of carbonyl (C=O) groups is 2. The summed E-state index contributed by atoms with van der Waals surface area (Å²) in [5.41, 5.74) is 1.57. The average Bonchev–Trinajstić information content (AvgIpc) is 3.20. The third-order valence-electron chi connectivity index (χ3n) is 5.08. The van der Waals surface area contributed by atoms with E-state index in [0.29, 0.717) is 35.4 Å². The lowest BCUT2D eigenvalue weighted by molar-refractivity contribution is -0.133. The smallest absolute Gasteiger partial charge is 0.322 e. The molecule has 0 unspecified atom stereocenters. The van der Waals surface area contributed by atoms with Crippen molar-refractivity contribution < 1.29 is 9.59 Å². The highest BCUT2D eigenvalue weighted by Gasteiger charge is 2.23. The maximum Gasteiger partial charge on any atom is 0.322 e. The Balaban J connectivity index is 1.77. The topological polar surface area (TPSA) is 52.7 Å². The largest absolute Gasteiger partial charge is 0.332 e. The molecule has 2 aromatic carbocycles. The number of aryl methyl sites for hydroxylation is 1. The Morgan fingerprint density at radius 2 is 1.68 bits per heavy atom. The number of halogens is 2. The van der Waals surface area contributed by atoms with Crippen LogP contribution in [-0.4, -0.2) is 34.8 Å². The normalized spacial score (nSPS) is 10.9. The van der Waals surface area contributed by atoms with Gasteiger partial charge in [-0.2, -0.15) is 0 Å². The molecule has 0 saturated heterocycles. The van der Waals surface area contributed by atoms with Gasteiger partial charge in [0.2, 0.25) is 5.91 Å². The second-order valence-corrected chi connectivity index (χ2v) is 10.8. The van der Waals surface area contributed by atoms with Crippen molar-refractivity contribution in [1.29, 1.82) is 0 Å². The minimum absolute atomic E-state index is 0.0253. The van der Waals surface area contributed by atoms with Gasteiger partial charge in [0.1, 0.15) is 6.54 Å². The van der Waals surface area contributed by atoms with Gasteiger partial charge in [0, 0.05) is 28.5 Å². The quantitative estimate of drug-likeness (QED) is 0.329. The SMILES string of the molecule is Cc1ccc(CN(Cc2ccccc2)C(=O)CN(CC(C)C)C(=O)Nc2ccc(Cl)c(Cl)c2)s1. The van der Waals surface area contributed by atoms with Crippen LogP contribution in [0.15, 0.2) is 60.7 Å². The van der Waals surface area contributed by atoms with E-state index in [0.717, 1.165) is 10.4 Å². The Morgan fingerprint density at radius 1 is 0.941 bits per heavy atom. The predicted octanol–water partition coefficient (Wildman–Crippen LogP) is 7.08. The van der Waals surface area contributed by atoms with Crippen LogP contribution in [0, 0.1) is 12.8 Å². The van der Waals surface area contributed by atoms with Crippen LogP contribution in [0.3, 0.4) is 0 Å². The van der Waals surface area contributed by atoms with Crippen molar-refractivity contribution in [3.8, 4) is 0 Å². The fraction of sp³-hybridized carbons (Fsp3) is 0.308. The van der Waals surface area contributed by atoms with Crippen molar-refractivity contribution in [3.63, 3.8) is 0 Å². The van der Waals surface area contributed by atoms with E-state index in [2.05, 4.69) is 18.3 Å². The first kappa shape index (κ1) is 26.1. The summed E-state index contributed by atoms with van der Waals surface area (Å²) < 4.78 is 0. The minimum atomic E-state index is -0.355. The van der Waals surface area contributed by atoms with Gasteiger partial charge in [-0.25, -0.2) is 4.79 Å². The van der Waals surface area contributed by atoms with Gasteiger partial charge in [-0.1, -0.05) is 67.4 Å². The molecule has 3 aromatic rings. The molecule has 0 spiro atoms. The standard InChI is InChI=1S/C26H29Cl2N3O2S/c1-18(2)14-31(26(33)29-21-10-12-23(27)24(28)13-21)17-25(32)30(15-20-7-5-4-6-8-20)16-22-11-9-19(3)34-22/h4-13,18H,14-17H2,1-3H3,(H,29,33). The van der Waals surface area contributed by atoms with E-state index in [4.69, 9.17) is 23.2 Å². The van der Waals surface area contributed by atoms with E-state index in [-0.39, 0.29) is 24.4 Å². The Morgan fingerprint density at radius 3 is 2.29 bits per heavy atom. The van der Waals surface area contributed by atoms with Gasteiger partial charge in [0.15, 0.2) is 0 Å². The van der Waals surface area contributed by atoms with Gasteiger partial charge in [0.25, 0.3) is 0 Å². The molecule has 1 N–H and O–H groups in total. The molecular formula is C26H29Cl2N3O2S. The first-order valence-electron chi connectivity index (χ1n) is 11.1. The number of anilines is 1. The van der Waals surface area contributed by atoms with Crippen molar-refractivity contribution in [2.45, 2.75) is 33.9 Å². The Hall–Kier alpha value is -2.54. The molecule has 5 nitrogen and oxygen atoms in total. The molecule has 3 amide bonds. The summed E-state index contributed by atoms with van der Waals surface area (Å²) in [6, 6.07) is 18.5. The highest BCUT2D eigenvalue weighted by molar-refractivity contribution is 7.11. The van der Waals surface area contributed by atoms with Gasteiger partial charge >= 0.3 is 6.03 Å². The zero-order valence-corrected chi connectivity index (χ0v) is 21.9. The molecule has 1 heterocycles. The van der Waals surface area contributed by atoms with E-state index < -0.39 is 0 Å². The number of carbonyl (C=O) groups excluding carboxylic acids is 2. The van der Waals surface area contributed by atoms with Gasteiger partial charge in [-0.3, -0.25) is 4.79 Å². The second kappa shape index (κ2) is 12.2. The number of hydrogen-bond acceptors (Lipinski definition) is 3. The maximum atomic E-state index is 13.5. The number of benzene rings is 2. The molecule has 0 radical (unpaired) electrons. The van der Waals surface area contributed by atoms with E-state index in [9.17, 15) is 9.59 Å². The molecule has 0 aliphatic rings. The van der Waals surface area contributed by atoms with E-state index in [1.807, 2.05) is 50.2 Å². The third kappa shape index (κ3) is 7.76. The highest BCUT2D eigenvalue weighted by atomic mass is 35.5. The van der Waals surface area contributed by atoms with Crippen LogP contribution in [0.25, 0.3) is 0 Å². The number of thiophene rings is 1. The van der Waals surface area contributed by atoms with Crippen molar-refractivity contribution in [2.75, 3.05) is 18.4 Å². The highest BCUT2D eigenvalue weighted by Crippen LogP contribution is 2.25. The first-order valence-corrected chi connectivity index (χ1v) is 12.7. The second-order valence-electron chi connectivity index (χ2n) is 8.58. The lowest BCUT2D eigenvalue weighted by Gasteiger charge is -2.29. The first-order chi connectivity index (χ1) is 16.2. The number of urea groups is 1. The number of rotatable bonds is 9. The van der Waals surface area contributed by atoms with Crippen LogP contribution in [0.2, 0.25) is 10.0 Å². The average molecular weight is 519 g/mol. The predicted molar refractivity (Wildman–Crippen MR) is 142 cm³/mol. The Kier molecular flexibility index (Phi) is 9.39. The number of amides is 3. The van der Waals surface area contributed by atoms with Crippen molar-refractivity contribution in [3.05, 3.63) is 86.0 Å². The molecule has 3 rings (SSSR count). The van der Waals surface area contributed by atoms with Crippen molar-refractivity contribution in [1.82, 2.24) is 9.80 Å².